The molecule has 3 aromatic carbocycles. The van der Waals surface area contributed by atoms with Gasteiger partial charge in [-0.15, -0.1) is 34.4 Å². The average molecular weight is 656 g/mol. The average Bonchev–Trinajstić information content (AvgIpc) is 3.75. The monoisotopic (exact) mass is 655 g/mol. The van der Waals surface area contributed by atoms with Crippen LogP contribution in [0.2, 0.25) is 0 Å². The lowest BCUT2D eigenvalue weighted by atomic mass is 10.1. The fraction of sp³-hybridized carbons (Fsp3) is 0.0625. The molecule has 3 amide bonds. The van der Waals surface area contributed by atoms with E-state index in [0.717, 1.165) is 15.5 Å². The predicted octanol–water partition coefficient (Wildman–Crippen LogP) is 7.31. The van der Waals surface area contributed by atoms with E-state index < -0.39 is 22.0 Å². The van der Waals surface area contributed by atoms with Crippen LogP contribution in [0.15, 0.2) is 112 Å². The van der Waals surface area contributed by atoms with E-state index >= 15 is 0 Å². The quantitative estimate of drug-likeness (QED) is 0.0586. The highest BCUT2D eigenvalue weighted by molar-refractivity contribution is 8.00. The Morgan fingerprint density at radius 3 is 2.31 bits per heavy atom. The summed E-state index contributed by atoms with van der Waals surface area (Å²) in [4.78, 5) is 55.8. The summed E-state index contributed by atoms with van der Waals surface area (Å²) < 4.78 is 0. The van der Waals surface area contributed by atoms with E-state index in [4.69, 9.17) is 0 Å². The minimum Gasteiger partial charge on any atom is -0.321 e. The van der Waals surface area contributed by atoms with Crippen molar-refractivity contribution in [2.24, 2.45) is 0 Å². The third-order valence-electron chi connectivity index (χ3n) is 6.25. The first kappa shape index (κ1) is 31.3. The van der Waals surface area contributed by atoms with Crippen molar-refractivity contribution >= 4 is 74.7 Å². The molecule has 0 aliphatic rings. The Kier molecular flexibility index (Phi) is 10.1. The first-order chi connectivity index (χ1) is 21.7. The van der Waals surface area contributed by atoms with Gasteiger partial charge in [-0.3, -0.25) is 24.5 Å². The van der Waals surface area contributed by atoms with Crippen molar-refractivity contribution in [1.29, 1.82) is 0 Å². The number of carbonyl (C=O) groups is 3. The lowest BCUT2D eigenvalue weighted by Gasteiger charge is -2.13. The Morgan fingerprint density at radius 1 is 0.911 bits per heavy atom. The van der Waals surface area contributed by atoms with Gasteiger partial charge >= 0.3 is 0 Å². The van der Waals surface area contributed by atoms with E-state index in [9.17, 15) is 24.5 Å². The molecule has 13 heteroatoms. The third-order valence-corrected chi connectivity index (χ3v) is 9.01. The van der Waals surface area contributed by atoms with Gasteiger partial charge in [0.1, 0.15) is 5.70 Å². The van der Waals surface area contributed by atoms with Crippen LogP contribution in [0.5, 0.6) is 0 Å². The zero-order valence-corrected chi connectivity index (χ0v) is 26.1. The summed E-state index contributed by atoms with van der Waals surface area (Å²) in [7, 11) is 0. The summed E-state index contributed by atoms with van der Waals surface area (Å²) >= 11 is 4.31. The van der Waals surface area contributed by atoms with Crippen LogP contribution in [0.4, 0.5) is 16.5 Å². The largest absolute Gasteiger partial charge is 0.321 e. The third kappa shape index (κ3) is 8.50. The van der Waals surface area contributed by atoms with Gasteiger partial charge in [0.05, 0.1) is 20.7 Å². The standard InChI is InChI=1S/C32H25N5O5S3/c1-20(29(38)36-32-35-27(19-44-32)28-8-5-17-43-28)45-25-15-11-23(12-16-25)33-31(40)26(34-30(39)22-6-3-2-4-7-22)18-21-9-13-24(14-10-21)37(41)42/h2-20H,1H3,(H,33,40)(H,34,39)(H,35,36,38)/b26-18-. The number of thioether (sulfide) groups is 1. The number of hydrogen-bond acceptors (Lipinski definition) is 9. The Hall–Kier alpha value is -5.11. The number of thiazole rings is 1. The summed E-state index contributed by atoms with van der Waals surface area (Å²) in [6.07, 6.45) is 1.44. The number of non-ortho nitro benzene ring substituents is 1. The van der Waals surface area contributed by atoms with E-state index in [1.165, 1.54) is 53.4 Å². The first-order valence-electron chi connectivity index (χ1n) is 13.5. The molecule has 1 atom stereocenters. The van der Waals surface area contributed by atoms with Gasteiger partial charge in [-0.05, 0) is 78.5 Å². The molecule has 0 fully saturated rings. The number of anilines is 2. The molecule has 5 rings (SSSR count). The molecule has 5 aromatic rings. The van der Waals surface area contributed by atoms with E-state index in [1.54, 1.807) is 72.9 Å². The molecule has 1 unspecified atom stereocenters. The Balaban J connectivity index is 1.23. The maximum absolute atomic E-state index is 13.3. The number of aromatic nitrogens is 1. The molecule has 0 saturated carbocycles. The van der Waals surface area contributed by atoms with Gasteiger partial charge in [-0.1, -0.05) is 24.3 Å². The summed E-state index contributed by atoms with van der Waals surface area (Å²) in [5.74, 6) is -1.26. The van der Waals surface area contributed by atoms with Gasteiger partial charge < -0.3 is 16.0 Å². The van der Waals surface area contributed by atoms with Crippen molar-refractivity contribution in [1.82, 2.24) is 10.3 Å². The number of carbonyl (C=O) groups excluding carboxylic acids is 3. The topological polar surface area (TPSA) is 143 Å². The van der Waals surface area contributed by atoms with Crippen molar-refractivity contribution in [3.05, 3.63) is 129 Å². The number of hydrogen-bond donors (Lipinski definition) is 3. The van der Waals surface area contributed by atoms with Gasteiger partial charge in [-0.25, -0.2) is 4.98 Å². The molecule has 0 saturated heterocycles. The van der Waals surface area contributed by atoms with E-state index in [2.05, 4.69) is 20.9 Å². The highest BCUT2D eigenvalue weighted by atomic mass is 32.2. The number of nitrogens with zero attached hydrogens (tertiary/aromatic N) is 2. The number of benzene rings is 3. The molecule has 2 aromatic heterocycles. The molecule has 3 N–H and O–H groups in total. The number of amides is 3. The molecule has 2 heterocycles. The molecule has 45 heavy (non-hydrogen) atoms. The van der Waals surface area contributed by atoms with Crippen molar-refractivity contribution in [3.63, 3.8) is 0 Å². The second-order valence-electron chi connectivity index (χ2n) is 9.47. The molecular formula is C32H25N5O5S3. The van der Waals surface area contributed by atoms with Gasteiger partial charge in [-0.2, -0.15) is 0 Å². The molecule has 0 aliphatic carbocycles. The second kappa shape index (κ2) is 14.6. The number of nitro benzene ring substituents is 1. The minimum atomic E-state index is -0.587. The highest BCUT2D eigenvalue weighted by Crippen LogP contribution is 2.30. The molecule has 0 aliphatic heterocycles. The fourth-order valence-electron chi connectivity index (χ4n) is 3.95. The molecule has 0 spiro atoms. The van der Waals surface area contributed by atoms with Crippen molar-refractivity contribution in [3.8, 4) is 10.6 Å². The number of rotatable bonds is 11. The van der Waals surface area contributed by atoms with Crippen LogP contribution in [-0.2, 0) is 9.59 Å². The lowest BCUT2D eigenvalue weighted by Crippen LogP contribution is -2.30. The van der Waals surface area contributed by atoms with E-state index in [-0.39, 0.29) is 17.3 Å². The van der Waals surface area contributed by atoms with Crippen LogP contribution in [0.25, 0.3) is 16.6 Å². The molecule has 0 bridgehead atoms. The predicted molar refractivity (Wildman–Crippen MR) is 179 cm³/mol. The molecule has 226 valence electrons. The van der Waals surface area contributed by atoms with Gasteiger partial charge in [0.15, 0.2) is 5.13 Å². The van der Waals surface area contributed by atoms with Crippen LogP contribution in [0, 0.1) is 10.1 Å². The van der Waals surface area contributed by atoms with Crippen LogP contribution in [0.3, 0.4) is 0 Å². The van der Waals surface area contributed by atoms with Crippen molar-refractivity contribution in [2.75, 3.05) is 10.6 Å². The molecular weight excluding hydrogens is 631 g/mol. The highest BCUT2D eigenvalue weighted by Gasteiger charge is 2.18. The number of nitrogens with one attached hydrogen (secondary N) is 3. The molecule has 0 radical (unpaired) electrons. The van der Waals surface area contributed by atoms with Crippen LogP contribution < -0.4 is 16.0 Å². The zero-order chi connectivity index (χ0) is 31.8. The maximum atomic E-state index is 13.3. The summed E-state index contributed by atoms with van der Waals surface area (Å²) in [6.45, 7) is 1.80. The van der Waals surface area contributed by atoms with Crippen molar-refractivity contribution < 1.29 is 19.3 Å². The smallest absolute Gasteiger partial charge is 0.272 e. The van der Waals surface area contributed by atoms with Crippen molar-refractivity contribution in [2.45, 2.75) is 17.1 Å². The van der Waals surface area contributed by atoms with E-state index in [0.29, 0.717) is 21.9 Å². The maximum Gasteiger partial charge on any atom is 0.272 e. The van der Waals surface area contributed by atoms with Gasteiger partial charge in [0.25, 0.3) is 17.5 Å². The molecule has 10 nitrogen and oxygen atoms in total. The fourth-order valence-corrected chi connectivity index (χ4v) is 6.29. The summed E-state index contributed by atoms with van der Waals surface area (Å²) in [5, 5.41) is 23.3. The first-order valence-corrected chi connectivity index (χ1v) is 16.1. The SMILES string of the molecule is CC(Sc1ccc(NC(=O)/C(=C/c2ccc([N+](=O)[O-])cc2)NC(=O)c2ccccc2)cc1)C(=O)Nc1nc(-c2cccs2)cs1. The number of thiophene rings is 1. The Bertz CT molecular complexity index is 1840. The second-order valence-corrected chi connectivity index (χ2v) is 12.7. The van der Waals surface area contributed by atoms with Crippen LogP contribution >= 0.6 is 34.4 Å². The zero-order valence-electron chi connectivity index (χ0n) is 23.6. The van der Waals surface area contributed by atoms with Gasteiger partial charge in [0.2, 0.25) is 5.91 Å². The van der Waals surface area contributed by atoms with E-state index in [1.807, 2.05) is 22.9 Å². The lowest BCUT2D eigenvalue weighted by molar-refractivity contribution is -0.384. The number of nitro groups is 1. The Labute approximate surface area is 270 Å². The minimum absolute atomic E-state index is 0.0501. The van der Waals surface area contributed by atoms with Gasteiger partial charge in [0, 0.05) is 33.7 Å². The summed E-state index contributed by atoms with van der Waals surface area (Å²) in [6, 6.07) is 24.9. The normalized spacial score (nSPS) is 11.8. The van der Waals surface area contributed by atoms with Crippen LogP contribution in [0.1, 0.15) is 22.8 Å². The summed E-state index contributed by atoms with van der Waals surface area (Å²) in [5.41, 5.74) is 1.99. The van der Waals surface area contributed by atoms with Crippen LogP contribution in [-0.4, -0.2) is 32.9 Å². The Morgan fingerprint density at radius 2 is 1.64 bits per heavy atom.